The van der Waals surface area contributed by atoms with Crippen molar-refractivity contribution in [1.82, 2.24) is 15.0 Å². The summed E-state index contributed by atoms with van der Waals surface area (Å²) < 4.78 is 44.1. The maximum atomic E-state index is 14.5. The van der Waals surface area contributed by atoms with Crippen LogP contribution in [0.2, 0.25) is 0 Å². The highest BCUT2D eigenvalue weighted by molar-refractivity contribution is 7.90. The zero-order valence-corrected chi connectivity index (χ0v) is 19.3. The average molecular weight is 490 g/mol. The Morgan fingerprint density at radius 1 is 0.971 bits per heavy atom. The largest absolute Gasteiger partial charge is 0.457 e. The molecule has 2 aromatic heterocycles. The van der Waals surface area contributed by atoms with Crippen molar-refractivity contribution in [3.05, 3.63) is 102 Å². The number of hydrogen-bond acceptors (Lipinski definition) is 6. The van der Waals surface area contributed by atoms with Crippen LogP contribution in [0.1, 0.15) is 17.2 Å². The van der Waals surface area contributed by atoms with Gasteiger partial charge in [-0.2, -0.15) is 0 Å². The first-order valence-corrected chi connectivity index (χ1v) is 12.5. The molecule has 0 bridgehead atoms. The smallest absolute Gasteiger partial charge is 0.175 e. The fourth-order valence-electron chi connectivity index (χ4n) is 3.73. The summed E-state index contributed by atoms with van der Waals surface area (Å²) in [6.07, 6.45) is 1.45. The number of benzene rings is 3. The first kappa shape index (κ1) is 22.7. The first-order valence-electron chi connectivity index (χ1n) is 10.6. The number of aliphatic hydroxyl groups is 1. The quantitative estimate of drug-likeness (QED) is 0.346. The minimum absolute atomic E-state index is 0.0913. The van der Waals surface area contributed by atoms with Crippen molar-refractivity contribution < 1.29 is 22.7 Å². The number of aromatic nitrogens is 3. The summed E-state index contributed by atoms with van der Waals surface area (Å²) in [6, 6.07) is 20.6. The van der Waals surface area contributed by atoms with E-state index in [1.165, 1.54) is 36.4 Å². The molecule has 0 amide bonds. The highest BCUT2D eigenvalue weighted by atomic mass is 32.2. The molecule has 9 heteroatoms. The third-order valence-electron chi connectivity index (χ3n) is 5.50. The van der Waals surface area contributed by atoms with Crippen molar-refractivity contribution in [3.63, 3.8) is 0 Å². The molecular weight excluding hydrogens is 469 g/mol. The normalized spacial score (nSPS) is 12.5. The van der Waals surface area contributed by atoms with E-state index in [4.69, 9.17) is 4.74 Å². The predicted octanol–water partition coefficient (Wildman–Crippen LogP) is 5.04. The van der Waals surface area contributed by atoms with Crippen LogP contribution in [0.5, 0.6) is 11.5 Å². The lowest BCUT2D eigenvalue weighted by atomic mass is 9.99. The molecule has 0 aliphatic rings. The molecule has 0 spiro atoms. The molecule has 5 aromatic rings. The number of halogens is 1. The van der Waals surface area contributed by atoms with Gasteiger partial charge in [0.15, 0.2) is 15.7 Å². The molecule has 5 rings (SSSR count). The van der Waals surface area contributed by atoms with Crippen LogP contribution >= 0.6 is 0 Å². The molecule has 0 fully saturated rings. The number of fused-ring (bicyclic) bond motifs is 1. The lowest BCUT2D eigenvalue weighted by Crippen LogP contribution is -2.05. The van der Waals surface area contributed by atoms with Gasteiger partial charge in [0.05, 0.1) is 15.9 Å². The van der Waals surface area contributed by atoms with E-state index in [2.05, 4.69) is 15.0 Å². The Balaban J connectivity index is 1.62. The van der Waals surface area contributed by atoms with Gasteiger partial charge in [-0.1, -0.05) is 24.3 Å². The number of nitrogens with zero attached hydrogens (tertiary/aromatic N) is 2. The molecular formula is C26H20FN3O4S. The van der Waals surface area contributed by atoms with E-state index >= 15 is 0 Å². The monoisotopic (exact) mass is 489 g/mol. The lowest BCUT2D eigenvalue weighted by molar-refractivity contribution is 0.211. The van der Waals surface area contributed by atoms with Crippen LogP contribution in [0.4, 0.5) is 4.39 Å². The van der Waals surface area contributed by atoms with Crippen molar-refractivity contribution in [2.45, 2.75) is 11.0 Å². The van der Waals surface area contributed by atoms with Gasteiger partial charge in [0.25, 0.3) is 0 Å². The first-order chi connectivity index (χ1) is 16.8. The van der Waals surface area contributed by atoms with E-state index in [0.717, 1.165) is 6.26 Å². The molecule has 0 radical (unpaired) electrons. The zero-order chi connectivity index (χ0) is 24.6. The van der Waals surface area contributed by atoms with E-state index in [1.54, 1.807) is 36.5 Å². The van der Waals surface area contributed by atoms with Crippen LogP contribution in [0.3, 0.4) is 0 Å². The van der Waals surface area contributed by atoms with E-state index in [9.17, 15) is 17.9 Å². The topological polar surface area (TPSA) is 105 Å². The van der Waals surface area contributed by atoms with Crippen LogP contribution in [-0.4, -0.2) is 34.7 Å². The van der Waals surface area contributed by atoms with E-state index in [1.807, 2.05) is 12.1 Å². The minimum Gasteiger partial charge on any atom is -0.457 e. The fourth-order valence-corrected chi connectivity index (χ4v) is 4.36. The van der Waals surface area contributed by atoms with Gasteiger partial charge in [-0.15, -0.1) is 0 Å². The summed E-state index contributed by atoms with van der Waals surface area (Å²) in [5.41, 5.74) is 2.20. The van der Waals surface area contributed by atoms with Crippen LogP contribution in [0.15, 0.2) is 90.0 Å². The summed E-state index contributed by atoms with van der Waals surface area (Å²) in [5.74, 6) is 0.572. The fraction of sp³-hybridized carbons (Fsp3) is 0.0769. The standard InChI is InChI=1S/C26H20FN3O4S/c1-35(32,33)17-11-9-16(10-12-17)34-24-15-23-22(29-26(30-23)21-8-4-5-13-28-21)14-19(24)25(31)18-6-2-3-7-20(18)27/h2-15,25,31H,1H3,(H,29,30). The number of hydrogen-bond donors (Lipinski definition) is 2. The number of pyridine rings is 1. The van der Waals surface area contributed by atoms with Gasteiger partial charge in [0.1, 0.15) is 29.1 Å². The zero-order valence-electron chi connectivity index (χ0n) is 18.5. The molecule has 0 saturated carbocycles. The van der Waals surface area contributed by atoms with E-state index < -0.39 is 21.8 Å². The third-order valence-corrected chi connectivity index (χ3v) is 6.62. The van der Waals surface area contributed by atoms with Gasteiger partial charge >= 0.3 is 0 Å². The van der Waals surface area contributed by atoms with Crippen molar-refractivity contribution in [1.29, 1.82) is 0 Å². The minimum atomic E-state index is -3.36. The summed E-state index contributed by atoms with van der Waals surface area (Å²) in [7, 11) is -3.36. The molecule has 3 aromatic carbocycles. The van der Waals surface area contributed by atoms with Gasteiger partial charge in [0, 0.05) is 29.6 Å². The number of ether oxygens (including phenoxy) is 1. The highest BCUT2D eigenvalue weighted by Crippen LogP contribution is 2.37. The van der Waals surface area contributed by atoms with Gasteiger partial charge in [-0.25, -0.2) is 17.8 Å². The van der Waals surface area contributed by atoms with Crippen molar-refractivity contribution >= 4 is 20.9 Å². The molecule has 0 saturated heterocycles. The van der Waals surface area contributed by atoms with Crippen LogP contribution in [0.25, 0.3) is 22.6 Å². The number of aromatic amines is 1. The van der Waals surface area contributed by atoms with Crippen molar-refractivity contribution in [2.75, 3.05) is 6.26 Å². The molecule has 2 heterocycles. The second-order valence-corrected chi connectivity index (χ2v) is 9.99. The number of rotatable bonds is 6. The number of sulfone groups is 1. The van der Waals surface area contributed by atoms with Crippen LogP contribution in [0, 0.1) is 5.82 Å². The summed E-state index contributed by atoms with van der Waals surface area (Å²) in [4.78, 5) is 12.2. The van der Waals surface area contributed by atoms with Crippen molar-refractivity contribution in [2.24, 2.45) is 0 Å². The van der Waals surface area contributed by atoms with Gasteiger partial charge in [-0.3, -0.25) is 4.98 Å². The molecule has 1 atom stereocenters. The maximum absolute atomic E-state index is 14.5. The number of nitrogens with one attached hydrogen (secondary N) is 1. The van der Waals surface area contributed by atoms with Gasteiger partial charge in [0.2, 0.25) is 0 Å². The predicted molar refractivity (Wildman–Crippen MR) is 129 cm³/mol. The second-order valence-electron chi connectivity index (χ2n) is 7.98. The Morgan fingerprint density at radius 2 is 1.71 bits per heavy atom. The Hall–Kier alpha value is -4.08. The molecule has 0 aliphatic heterocycles. The van der Waals surface area contributed by atoms with Crippen LogP contribution < -0.4 is 4.74 Å². The Labute approximate surface area is 200 Å². The molecule has 35 heavy (non-hydrogen) atoms. The molecule has 2 N–H and O–H groups in total. The summed E-state index contributed by atoms with van der Waals surface area (Å²) in [5, 5.41) is 11.1. The van der Waals surface area contributed by atoms with E-state index in [-0.39, 0.29) is 16.2 Å². The number of imidazole rings is 1. The van der Waals surface area contributed by atoms with Gasteiger partial charge < -0.3 is 14.8 Å². The lowest BCUT2D eigenvalue weighted by Gasteiger charge is -2.17. The SMILES string of the molecule is CS(=O)(=O)c1ccc(Oc2cc3nc(-c4ccccn4)[nH]c3cc2C(O)c2ccccc2F)cc1. The number of H-pyrrole nitrogens is 1. The average Bonchev–Trinajstić information content (AvgIpc) is 3.27. The highest BCUT2D eigenvalue weighted by Gasteiger charge is 2.22. The Kier molecular flexibility index (Phi) is 5.80. The van der Waals surface area contributed by atoms with Gasteiger partial charge in [-0.05, 0) is 48.5 Å². The Morgan fingerprint density at radius 3 is 2.40 bits per heavy atom. The summed E-state index contributed by atoms with van der Waals surface area (Å²) >= 11 is 0. The van der Waals surface area contributed by atoms with E-state index in [0.29, 0.717) is 33.9 Å². The molecule has 176 valence electrons. The number of aliphatic hydroxyl groups excluding tert-OH is 1. The second kappa shape index (κ2) is 8.94. The molecule has 7 nitrogen and oxygen atoms in total. The van der Waals surface area contributed by atoms with Crippen molar-refractivity contribution in [3.8, 4) is 23.0 Å². The molecule has 0 aliphatic carbocycles. The summed E-state index contributed by atoms with van der Waals surface area (Å²) in [6.45, 7) is 0. The van der Waals surface area contributed by atoms with Crippen LogP contribution in [-0.2, 0) is 9.84 Å². The Bertz CT molecular complexity index is 1620. The third kappa shape index (κ3) is 4.64. The maximum Gasteiger partial charge on any atom is 0.175 e. The molecule has 1 unspecified atom stereocenters.